The highest BCUT2D eigenvalue weighted by molar-refractivity contribution is 5.36. The summed E-state index contributed by atoms with van der Waals surface area (Å²) in [6.07, 6.45) is 1.69. The maximum absolute atomic E-state index is 8.82. The molecule has 1 aliphatic rings. The average molecular weight is 208 g/mol. The van der Waals surface area contributed by atoms with E-state index in [0.29, 0.717) is 0 Å². The van der Waals surface area contributed by atoms with Gasteiger partial charge < -0.3 is 10.0 Å². The van der Waals surface area contributed by atoms with E-state index in [-0.39, 0.29) is 6.61 Å². The number of anilines is 1. The maximum atomic E-state index is 8.82. The number of piperazine rings is 1. The molecule has 2 heterocycles. The van der Waals surface area contributed by atoms with Crippen molar-refractivity contribution in [2.24, 2.45) is 0 Å². The van der Waals surface area contributed by atoms with Crippen LogP contribution in [0.25, 0.3) is 0 Å². The van der Waals surface area contributed by atoms with Crippen LogP contribution >= 0.6 is 0 Å². The molecule has 0 saturated carbocycles. The lowest BCUT2D eigenvalue weighted by Crippen LogP contribution is -2.47. The van der Waals surface area contributed by atoms with E-state index >= 15 is 0 Å². The number of β-amino-alcohol motifs (C(OH)–C–C–N with tert-alkyl or cyclic N) is 1. The Hall–Kier alpha value is -1.20. The van der Waals surface area contributed by atoms with E-state index in [2.05, 4.69) is 20.0 Å². The van der Waals surface area contributed by atoms with E-state index in [0.717, 1.165) is 38.5 Å². The van der Waals surface area contributed by atoms with Crippen LogP contribution in [-0.4, -0.2) is 59.5 Å². The number of hydrogen-bond acceptors (Lipinski definition) is 5. The molecule has 5 nitrogen and oxygen atoms in total. The van der Waals surface area contributed by atoms with Crippen molar-refractivity contribution in [3.63, 3.8) is 0 Å². The first-order valence-electron chi connectivity index (χ1n) is 5.26. The molecule has 0 atom stereocenters. The lowest BCUT2D eigenvalue weighted by molar-refractivity contribution is 0.188. The predicted octanol–water partition coefficient (Wildman–Crippen LogP) is -0.409. The Morgan fingerprint density at radius 2 is 2.07 bits per heavy atom. The van der Waals surface area contributed by atoms with Gasteiger partial charge in [0.05, 0.1) is 6.61 Å². The van der Waals surface area contributed by atoms with Crippen molar-refractivity contribution in [3.05, 3.63) is 18.3 Å². The molecule has 5 heteroatoms. The smallest absolute Gasteiger partial charge is 0.151 e. The average Bonchev–Trinajstić information content (AvgIpc) is 2.32. The van der Waals surface area contributed by atoms with Gasteiger partial charge in [0.2, 0.25) is 0 Å². The molecule has 0 aliphatic carbocycles. The second-order valence-electron chi connectivity index (χ2n) is 3.63. The quantitative estimate of drug-likeness (QED) is 0.732. The highest BCUT2D eigenvalue weighted by atomic mass is 16.3. The highest BCUT2D eigenvalue weighted by Crippen LogP contribution is 2.10. The van der Waals surface area contributed by atoms with Crippen LogP contribution < -0.4 is 4.90 Å². The predicted molar refractivity (Wildman–Crippen MR) is 57.8 cm³/mol. The fourth-order valence-electron chi connectivity index (χ4n) is 1.80. The first-order chi connectivity index (χ1) is 7.40. The van der Waals surface area contributed by atoms with Crippen LogP contribution in [0, 0.1) is 0 Å². The van der Waals surface area contributed by atoms with E-state index < -0.39 is 0 Å². The molecule has 0 aromatic carbocycles. The van der Waals surface area contributed by atoms with Crippen LogP contribution in [0.3, 0.4) is 0 Å². The molecular weight excluding hydrogens is 192 g/mol. The number of aromatic nitrogens is 2. The molecule has 82 valence electrons. The topological polar surface area (TPSA) is 52.5 Å². The highest BCUT2D eigenvalue weighted by Gasteiger charge is 2.17. The van der Waals surface area contributed by atoms with Gasteiger partial charge in [-0.05, 0) is 12.1 Å². The molecular formula is C10H16N4O. The van der Waals surface area contributed by atoms with Crippen LogP contribution in [0.2, 0.25) is 0 Å². The number of nitrogens with zero attached hydrogens (tertiary/aromatic N) is 4. The SMILES string of the molecule is OCCN1CCN(c2cccnn2)CC1. The van der Waals surface area contributed by atoms with Gasteiger partial charge in [0.15, 0.2) is 5.82 Å². The molecule has 1 aromatic rings. The van der Waals surface area contributed by atoms with Crippen LogP contribution in [0.1, 0.15) is 0 Å². The van der Waals surface area contributed by atoms with E-state index in [9.17, 15) is 0 Å². The molecule has 1 fully saturated rings. The maximum Gasteiger partial charge on any atom is 0.151 e. The van der Waals surface area contributed by atoms with E-state index in [1.165, 1.54) is 0 Å². The van der Waals surface area contributed by atoms with Gasteiger partial charge >= 0.3 is 0 Å². The zero-order valence-electron chi connectivity index (χ0n) is 8.71. The lowest BCUT2D eigenvalue weighted by atomic mass is 10.3. The Kier molecular flexibility index (Phi) is 3.47. The van der Waals surface area contributed by atoms with Crippen LogP contribution in [0.15, 0.2) is 18.3 Å². The molecule has 1 aliphatic heterocycles. The minimum atomic E-state index is 0.241. The summed E-state index contributed by atoms with van der Waals surface area (Å²) >= 11 is 0. The van der Waals surface area contributed by atoms with Crippen molar-refractivity contribution in [1.29, 1.82) is 0 Å². The molecule has 0 radical (unpaired) electrons. The number of hydrogen-bond donors (Lipinski definition) is 1. The fourth-order valence-corrected chi connectivity index (χ4v) is 1.80. The molecule has 1 aromatic heterocycles. The molecule has 15 heavy (non-hydrogen) atoms. The minimum Gasteiger partial charge on any atom is -0.395 e. The summed E-state index contributed by atoms with van der Waals surface area (Å²) in [5.41, 5.74) is 0. The Morgan fingerprint density at radius 1 is 1.27 bits per heavy atom. The normalized spacial score (nSPS) is 18.1. The number of aliphatic hydroxyl groups is 1. The van der Waals surface area contributed by atoms with Crippen LogP contribution in [-0.2, 0) is 0 Å². The third-order valence-electron chi connectivity index (χ3n) is 2.67. The third kappa shape index (κ3) is 2.64. The Bertz CT molecular complexity index is 285. The summed E-state index contributed by atoms with van der Waals surface area (Å²) in [7, 11) is 0. The number of aliphatic hydroxyl groups excluding tert-OH is 1. The minimum absolute atomic E-state index is 0.241. The summed E-state index contributed by atoms with van der Waals surface area (Å²) in [4.78, 5) is 4.48. The Morgan fingerprint density at radius 3 is 2.67 bits per heavy atom. The van der Waals surface area contributed by atoms with Crippen molar-refractivity contribution in [2.75, 3.05) is 44.2 Å². The van der Waals surface area contributed by atoms with Crippen molar-refractivity contribution in [3.8, 4) is 0 Å². The van der Waals surface area contributed by atoms with Gasteiger partial charge in [0.25, 0.3) is 0 Å². The Balaban J connectivity index is 1.88. The van der Waals surface area contributed by atoms with Gasteiger partial charge in [-0.15, -0.1) is 5.10 Å². The van der Waals surface area contributed by atoms with Crippen molar-refractivity contribution >= 4 is 5.82 Å². The zero-order chi connectivity index (χ0) is 10.5. The van der Waals surface area contributed by atoms with Gasteiger partial charge in [0, 0.05) is 38.9 Å². The number of rotatable bonds is 3. The first-order valence-corrected chi connectivity index (χ1v) is 5.26. The van der Waals surface area contributed by atoms with Gasteiger partial charge in [-0.2, -0.15) is 5.10 Å². The van der Waals surface area contributed by atoms with Gasteiger partial charge in [-0.3, -0.25) is 4.90 Å². The molecule has 2 rings (SSSR count). The first kappa shape index (κ1) is 10.3. The van der Waals surface area contributed by atoms with Gasteiger partial charge in [-0.25, -0.2) is 0 Å². The summed E-state index contributed by atoms with van der Waals surface area (Å²) in [5, 5.41) is 16.8. The summed E-state index contributed by atoms with van der Waals surface area (Å²) < 4.78 is 0. The van der Waals surface area contributed by atoms with Crippen LogP contribution in [0.4, 0.5) is 5.82 Å². The molecule has 1 N–H and O–H groups in total. The molecule has 0 amide bonds. The Labute approximate surface area is 89.3 Å². The summed E-state index contributed by atoms with van der Waals surface area (Å²) in [5.74, 6) is 0.946. The second kappa shape index (κ2) is 5.04. The largest absolute Gasteiger partial charge is 0.395 e. The molecule has 1 saturated heterocycles. The fraction of sp³-hybridized carbons (Fsp3) is 0.600. The van der Waals surface area contributed by atoms with E-state index in [1.807, 2.05) is 12.1 Å². The van der Waals surface area contributed by atoms with Gasteiger partial charge in [0.1, 0.15) is 0 Å². The van der Waals surface area contributed by atoms with Crippen molar-refractivity contribution < 1.29 is 5.11 Å². The van der Waals surface area contributed by atoms with E-state index in [1.54, 1.807) is 6.20 Å². The van der Waals surface area contributed by atoms with Crippen molar-refractivity contribution in [2.45, 2.75) is 0 Å². The monoisotopic (exact) mass is 208 g/mol. The summed E-state index contributed by atoms with van der Waals surface area (Å²) in [6.45, 7) is 4.89. The van der Waals surface area contributed by atoms with Crippen LogP contribution in [0.5, 0.6) is 0 Å². The molecule has 0 bridgehead atoms. The van der Waals surface area contributed by atoms with Gasteiger partial charge in [-0.1, -0.05) is 0 Å². The standard InChI is InChI=1S/C10H16N4O/c15-9-8-13-4-6-14(7-5-13)10-2-1-3-11-12-10/h1-3,15H,4-9H2. The van der Waals surface area contributed by atoms with Crippen molar-refractivity contribution in [1.82, 2.24) is 15.1 Å². The lowest BCUT2D eigenvalue weighted by Gasteiger charge is -2.34. The third-order valence-corrected chi connectivity index (χ3v) is 2.67. The van der Waals surface area contributed by atoms with E-state index in [4.69, 9.17) is 5.11 Å². The summed E-state index contributed by atoms with van der Waals surface area (Å²) in [6, 6.07) is 3.89. The molecule has 0 spiro atoms. The zero-order valence-corrected chi connectivity index (χ0v) is 8.71. The second-order valence-corrected chi connectivity index (χ2v) is 3.63. The molecule has 0 unspecified atom stereocenters.